The van der Waals surface area contributed by atoms with Crippen LogP contribution in [0.4, 0.5) is 20.2 Å². The van der Waals surface area contributed by atoms with Crippen LogP contribution in [0.3, 0.4) is 0 Å². The fourth-order valence-electron chi connectivity index (χ4n) is 2.17. The Kier molecular flexibility index (Phi) is 6.59. The summed E-state index contributed by atoms with van der Waals surface area (Å²) in [6.45, 7) is 0.404. The summed E-state index contributed by atoms with van der Waals surface area (Å²) in [4.78, 5) is 25.4. The van der Waals surface area contributed by atoms with Crippen LogP contribution in [0.1, 0.15) is 6.42 Å². The van der Waals surface area contributed by atoms with Gasteiger partial charge in [-0.25, -0.2) is 8.78 Å². The van der Waals surface area contributed by atoms with Crippen LogP contribution in [0.15, 0.2) is 48.5 Å². The summed E-state index contributed by atoms with van der Waals surface area (Å²) in [5.74, 6) is -1.44. The lowest BCUT2D eigenvalue weighted by atomic mass is 10.3. The fourth-order valence-corrected chi connectivity index (χ4v) is 2.17. The SMILES string of the molecule is CN(CCC(=O)Nc1cccc(F)c1)CC(=O)Nc1cccc(F)c1. The van der Waals surface area contributed by atoms with Gasteiger partial charge in [0.1, 0.15) is 11.6 Å². The predicted molar refractivity (Wildman–Crippen MR) is 92.2 cm³/mol. The monoisotopic (exact) mass is 347 g/mol. The maximum atomic E-state index is 13.1. The molecule has 5 nitrogen and oxygen atoms in total. The van der Waals surface area contributed by atoms with Crippen molar-refractivity contribution in [2.24, 2.45) is 0 Å². The molecule has 0 aliphatic rings. The number of carbonyl (C=O) groups excluding carboxylic acids is 2. The van der Waals surface area contributed by atoms with E-state index in [0.717, 1.165) is 0 Å². The third kappa shape index (κ3) is 6.68. The van der Waals surface area contributed by atoms with Gasteiger partial charge in [-0.05, 0) is 43.4 Å². The second kappa shape index (κ2) is 8.89. The van der Waals surface area contributed by atoms with Crippen LogP contribution in [0.5, 0.6) is 0 Å². The van der Waals surface area contributed by atoms with Crippen molar-refractivity contribution in [1.29, 1.82) is 0 Å². The average molecular weight is 347 g/mol. The second-order valence-corrected chi connectivity index (χ2v) is 5.60. The Morgan fingerprint density at radius 1 is 0.920 bits per heavy atom. The summed E-state index contributed by atoms with van der Waals surface area (Å²) in [6, 6.07) is 11.2. The van der Waals surface area contributed by atoms with Gasteiger partial charge in [0.15, 0.2) is 0 Å². The summed E-state index contributed by atoms with van der Waals surface area (Å²) in [5, 5.41) is 5.17. The van der Waals surface area contributed by atoms with Crippen molar-refractivity contribution in [3.63, 3.8) is 0 Å². The molecule has 7 heteroatoms. The van der Waals surface area contributed by atoms with Gasteiger partial charge in [0, 0.05) is 24.3 Å². The first-order chi connectivity index (χ1) is 11.9. The number of likely N-dealkylation sites (N-methyl/N-ethyl adjacent to an activating group) is 1. The summed E-state index contributed by atoms with van der Waals surface area (Å²) in [6.07, 6.45) is 0.153. The Labute approximate surface area is 144 Å². The van der Waals surface area contributed by atoms with Crippen LogP contribution in [0.25, 0.3) is 0 Å². The highest BCUT2D eigenvalue weighted by molar-refractivity contribution is 5.92. The van der Waals surface area contributed by atoms with Gasteiger partial charge < -0.3 is 10.6 Å². The molecule has 2 amide bonds. The lowest BCUT2D eigenvalue weighted by Crippen LogP contribution is -2.32. The van der Waals surface area contributed by atoms with Gasteiger partial charge in [0.05, 0.1) is 6.54 Å². The van der Waals surface area contributed by atoms with E-state index < -0.39 is 11.6 Å². The normalized spacial score (nSPS) is 10.6. The van der Waals surface area contributed by atoms with Gasteiger partial charge in [0.25, 0.3) is 0 Å². The lowest BCUT2D eigenvalue weighted by Gasteiger charge is -2.16. The number of carbonyl (C=O) groups is 2. The van der Waals surface area contributed by atoms with Gasteiger partial charge in [-0.3, -0.25) is 14.5 Å². The summed E-state index contributed by atoms with van der Waals surface area (Å²) in [7, 11) is 1.70. The number of nitrogens with one attached hydrogen (secondary N) is 2. The van der Waals surface area contributed by atoms with E-state index in [0.29, 0.717) is 17.9 Å². The van der Waals surface area contributed by atoms with Gasteiger partial charge in [0.2, 0.25) is 11.8 Å². The quantitative estimate of drug-likeness (QED) is 0.810. The Morgan fingerprint density at radius 2 is 1.44 bits per heavy atom. The van der Waals surface area contributed by atoms with E-state index in [-0.39, 0.29) is 24.8 Å². The maximum Gasteiger partial charge on any atom is 0.238 e. The molecule has 0 bridgehead atoms. The number of rotatable bonds is 7. The van der Waals surface area contributed by atoms with E-state index in [1.54, 1.807) is 24.1 Å². The molecule has 0 heterocycles. The first-order valence-corrected chi connectivity index (χ1v) is 7.72. The molecule has 0 saturated heterocycles. The smallest absolute Gasteiger partial charge is 0.238 e. The molecule has 2 N–H and O–H groups in total. The number of halogens is 2. The van der Waals surface area contributed by atoms with E-state index >= 15 is 0 Å². The number of anilines is 2. The van der Waals surface area contributed by atoms with Gasteiger partial charge >= 0.3 is 0 Å². The molecular weight excluding hydrogens is 328 g/mol. The first-order valence-electron chi connectivity index (χ1n) is 7.72. The zero-order valence-electron chi connectivity index (χ0n) is 13.8. The van der Waals surface area contributed by atoms with Gasteiger partial charge in [-0.1, -0.05) is 12.1 Å². The molecular formula is C18H19F2N3O2. The number of nitrogens with zero attached hydrogens (tertiary/aromatic N) is 1. The van der Waals surface area contributed by atoms with Crippen molar-refractivity contribution >= 4 is 23.2 Å². The third-order valence-corrected chi connectivity index (χ3v) is 3.35. The average Bonchev–Trinajstić information content (AvgIpc) is 2.53. The van der Waals surface area contributed by atoms with E-state index in [4.69, 9.17) is 0 Å². The third-order valence-electron chi connectivity index (χ3n) is 3.35. The van der Waals surface area contributed by atoms with Crippen molar-refractivity contribution in [3.05, 3.63) is 60.2 Å². The zero-order valence-corrected chi connectivity index (χ0v) is 13.8. The molecule has 0 radical (unpaired) electrons. The van der Waals surface area contributed by atoms with Crippen LogP contribution >= 0.6 is 0 Å². The van der Waals surface area contributed by atoms with Crippen molar-refractivity contribution in [2.75, 3.05) is 30.8 Å². The molecule has 0 saturated carbocycles. The molecule has 0 spiro atoms. The van der Waals surface area contributed by atoms with Crippen LogP contribution in [-0.2, 0) is 9.59 Å². The molecule has 25 heavy (non-hydrogen) atoms. The van der Waals surface area contributed by atoms with E-state index in [2.05, 4.69) is 10.6 Å². The minimum absolute atomic E-state index is 0.0593. The van der Waals surface area contributed by atoms with E-state index in [1.807, 2.05) is 0 Å². The summed E-state index contributed by atoms with van der Waals surface area (Å²) < 4.78 is 26.1. The van der Waals surface area contributed by atoms with Crippen molar-refractivity contribution in [1.82, 2.24) is 4.90 Å². The maximum absolute atomic E-state index is 13.1. The Balaban J connectivity index is 1.73. The number of hydrogen-bond acceptors (Lipinski definition) is 3. The molecule has 2 rings (SSSR count). The molecule has 132 valence electrons. The van der Waals surface area contributed by atoms with Crippen LogP contribution in [0.2, 0.25) is 0 Å². The minimum atomic E-state index is -0.430. The zero-order chi connectivity index (χ0) is 18.2. The number of amides is 2. The van der Waals surface area contributed by atoms with Crippen molar-refractivity contribution in [2.45, 2.75) is 6.42 Å². The molecule has 0 aliphatic carbocycles. The van der Waals surface area contributed by atoms with Crippen molar-refractivity contribution < 1.29 is 18.4 Å². The highest BCUT2D eigenvalue weighted by Gasteiger charge is 2.10. The van der Waals surface area contributed by atoms with E-state index in [1.165, 1.54) is 36.4 Å². The minimum Gasteiger partial charge on any atom is -0.326 e. The lowest BCUT2D eigenvalue weighted by molar-refractivity contribution is -0.119. The predicted octanol–water partition coefficient (Wildman–Crippen LogP) is 2.86. The number of hydrogen-bond donors (Lipinski definition) is 2. The molecule has 0 aliphatic heterocycles. The second-order valence-electron chi connectivity index (χ2n) is 5.60. The van der Waals surface area contributed by atoms with Crippen LogP contribution in [0, 0.1) is 11.6 Å². The fraction of sp³-hybridized carbons (Fsp3) is 0.222. The first kappa shape index (κ1) is 18.5. The number of benzene rings is 2. The largest absolute Gasteiger partial charge is 0.326 e. The highest BCUT2D eigenvalue weighted by atomic mass is 19.1. The van der Waals surface area contributed by atoms with Crippen LogP contribution in [-0.4, -0.2) is 36.9 Å². The molecule has 0 fully saturated rings. The Bertz CT molecular complexity index is 753. The standard InChI is InChI=1S/C18H19F2N3O2/c1-23(12-18(25)22-16-7-3-5-14(20)11-16)9-8-17(24)21-15-6-2-4-13(19)10-15/h2-7,10-11H,8-9,12H2,1H3,(H,21,24)(H,22,25). The Hall–Kier alpha value is -2.80. The van der Waals surface area contributed by atoms with Crippen LogP contribution < -0.4 is 10.6 Å². The molecule has 2 aromatic carbocycles. The molecule has 0 unspecified atom stereocenters. The molecule has 0 aromatic heterocycles. The topological polar surface area (TPSA) is 61.4 Å². The van der Waals surface area contributed by atoms with E-state index in [9.17, 15) is 18.4 Å². The van der Waals surface area contributed by atoms with Gasteiger partial charge in [-0.2, -0.15) is 0 Å². The molecule has 0 atom stereocenters. The summed E-state index contributed by atoms with van der Waals surface area (Å²) in [5.41, 5.74) is 0.763. The van der Waals surface area contributed by atoms with Crippen molar-refractivity contribution in [3.8, 4) is 0 Å². The Morgan fingerprint density at radius 3 is 1.96 bits per heavy atom. The highest BCUT2D eigenvalue weighted by Crippen LogP contribution is 2.10. The summed E-state index contributed by atoms with van der Waals surface area (Å²) >= 11 is 0. The van der Waals surface area contributed by atoms with Gasteiger partial charge in [-0.15, -0.1) is 0 Å². The molecule has 2 aromatic rings.